The van der Waals surface area contributed by atoms with Gasteiger partial charge >= 0.3 is 0 Å². The van der Waals surface area contributed by atoms with Crippen molar-refractivity contribution in [2.45, 2.75) is 0 Å². The maximum Gasteiger partial charge on any atom is 0.129 e. The predicted molar refractivity (Wildman–Crippen MR) is 107 cm³/mol. The van der Waals surface area contributed by atoms with Gasteiger partial charge in [0.15, 0.2) is 0 Å². The van der Waals surface area contributed by atoms with Crippen molar-refractivity contribution in [1.29, 1.82) is 0 Å². The first kappa shape index (κ1) is 14.3. The van der Waals surface area contributed by atoms with Gasteiger partial charge in [-0.15, -0.1) is 0 Å². The minimum atomic E-state index is 0.791. The number of hydrogen-bond donors (Lipinski definition) is 2. The van der Waals surface area contributed by atoms with Gasteiger partial charge in [-0.05, 0) is 36.4 Å². The molecule has 6 rings (SSSR count). The lowest BCUT2D eigenvalue weighted by Crippen LogP contribution is -1.84. The van der Waals surface area contributed by atoms with E-state index < -0.39 is 0 Å². The van der Waals surface area contributed by atoms with Gasteiger partial charge in [-0.3, -0.25) is 9.97 Å². The molecule has 0 saturated heterocycles. The van der Waals surface area contributed by atoms with E-state index in [2.05, 4.69) is 32.1 Å². The normalized spacial score (nSPS) is 11.7. The number of pyridine rings is 2. The molecule has 0 spiro atoms. The van der Waals surface area contributed by atoms with E-state index in [1.807, 2.05) is 61.2 Å². The van der Waals surface area contributed by atoms with Crippen LogP contribution < -0.4 is 4.74 Å². The summed E-state index contributed by atoms with van der Waals surface area (Å²) in [6.07, 6.45) is 7.30. The third-order valence-corrected chi connectivity index (χ3v) is 4.98. The average Bonchev–Trinajstić information content (AvgIpc) is 3.25. The smallest absolute Gasteiger partial charge is 0.129 e. The SMILES string of the molecule is c1cc2c(cn1)[nH]c1cc(Oc3ccc4c(c3)[nH]c3cnccc34)ccc12. The molecule has 0 aliphatic carbocycles. The van der Waals surface area contributed by atoms with Crippen molar-refractivity contribution in [2.75, 3.05) is 0 Å². The molecular formula is C22H14N4O. The second-order valence-electron chi connectivity index (χ2n) is 6.61. The third kappa shape index (κ3) is 2.18. The molecule has 128 valence electrons. The molecule has 4 aromatic heterocycles. The first-order valence-corrected chi connectivity index (χ1v) is 8.74. The molecule has 4 heterocycles. The topological polar surface area (TPSA) is 66.6 Å². The monoisotopic (exact) mass is 350 g/mol. The van der Waals surface area contributed by atoms with E-state index in [0.717, 1.165) is 33.6 Å². The third-order valence-electron chi connectivity index (χ3n) is 4.98. The molecule has 27 heavy (non-hydrogen) atoms. The van der Waals surface area contributed by atoms with Crippen LogP contribution in [0.1, 0.15) is 0 Å². The Balaban J connectivity index is 1.42. The number of H-pyrrole nitrogens is 2. The maximum absolute atomic E-state index is 6.12. The number of fused-ring (bicyclic) bond motifs is 6. The first-order valence-electron chi connectivity index (χ1n) is 8.74. The van der Waals surface area contributed by atoms with Gasteiger partial charge in [-0.1, -0.05) is 0 Å². The molecular weight excluding hydrogens is 336 g/mol. The molecule has 0 radical (unpaired) electrons. The Morgan fingerprint density at radius 3 is 1.56 bits per heavy atom. The Bertz CT molecular complexity index is 1350. The summed E-state index contributed by atoms with van der Waals surface area (Å²) in [7, 11) is 0. The number of aromatic amines is 2. The van der Waals surface area contributed by atoms with Gasteiger partial charge in [-0.25, -0.2) is 0 Å². The summed E-state index contributed by atoms with van der Waals surface area (Å²) in [5.41, 5.74) is 4.12. The highest BCUT2D eigenvalue weighted by atomic mass is 16.5. The van der Waals surface area contributed by atoms with Crippen molar-refractivity contribution in [1.82, 2.24) is 19.9 Å². The van der Waals surface area contributed by atoms with Crippen LogP contribution in [0.2, 0.25) is 0 Å². The van der Waals surface area contributed by atoms with Crippen LogP contribution in [0, 0.1) is 0 Å². The number of benzene rings is 2. The summed E-state index contributed by atoms with van der Waals surface area (Å²) in [5.74, 6) is 1.58. The van der Waals surface area contributed by atoms with Crippen LogP contribution in [-0.2, 0) is 0 Å². The Hall–Kier alpha value is -3.86. The van der Waals surface area contributed by atoms with E-state index in [1.165, 1.54) is 21.5 Å². The highest BCUT2D eigenvalue weighted by molar-refractivity contribution is 6.08. The molecule has 0 saturated carbocycles. The second-order valence-corrected chi connectivity index (χ2v) is 6.61. The molecule has 5 nitrogen and oxygen atoms in total. The number of hydrogen-bond acceptors (Lipinski definition) is 3. The van der Waals surface area contributed by atoms with Crippen molar-refractivity contribution in [3.05, 3.63) is 73.3 Å². The van der Waals surface area contributed by atoms with E-state index in [4.69, 9.17) is 4.74 Å². The van der Waals surface area contributed by atoms with Gasteiger partial charge < -0.3 is 14.7 Å². The fourth-order valence-electron chi connectivity index (χ4n) is 3.73. The largest absolute Gasteiger partial charge is 0.457 e. The van der Waals surface area contributed by atoms with E-state index in [9.17, 15) is 0 Å². The Kier molecular flexibility index (Phi) is 2.82. The number of rotatable bonds is 2. The van der Waals surface area contributed by atoms with Crippen molar-refractivity contribution < 1.29 is 4.74 Å². The summed E-state index contributed by atoms with van der Waals surface area (Å²) in [4.78, 5) is 15.1. The standard InChI is InChI=1S/C22H14N4O/c1-3-15-17-5-7-23-11-21(17)25-19(15)9-13(1)27-14-2-4-16-18-6-8-24-12-22(18)26-20(16)10-14/h1-12,25-26H. The molecule has 0 bridgehead atoms. The van der Waals surface area contributed by atoms with Crippen LogP contribution in [0.3, 0.4) is 0 Å². The van der Waals surface area contributed by atoms with Gasteiger partial charge in [-0.2, -0.15) is 0 Å². The minimum Gasteiger partial charge on any atom is -0.457 e. The molecule has 0 aliphatic rings. The molecule has 0 aliphatic heterocycles. The lowest BCUT2D eigenvalue weighted by molar-refractivity contribution is 0.484. The van der Waals surface area contributed by atoms with Crippen LogP contribution >= 0.6 is 0 Å². The summed E-state index contributed by atoms with van der Waals surface area (Å²) in [6, 6.07) is 16.2. The molecule has 2 N–H and O–H groups in total. The lowest BCUT2D eigenvalue weighted by Gasteiger charge is -2.06. The van der Waals surface area contributed by atoms with E-state index in [0.29, 0.717) is 0 Å². The number of nitrogens with zero attached hydrogens (tertiary/aromatic N) is 2. The second kappa shape index (κ2) is 5.32. The van der Waals surface area contributed by atoms with Crippen LogP contribution in [0.4, 0.5) is 0 Å². The zero-order chi connectivity index (χ0) is 17.8. The van der Waals surface area contributed by atoms with Crippen molar-refractivity contribution in [3.63, 3.8) is 0 Å². The molecule has 0 unspecified atom stereocenters. The average molecular weight is 350 g/mol. The van der Waals surface area contributed by atoms with Crippen LogP contribution in [0.5, 0.6) is 11.5 Å². The summed E-state index contributed by atoms with van der Waals surface area (Å²) < 4.78 is 6.12. The fourth-order valence-corrected chi connectivity index (χ4v) is 3.73. The van der Waals surface area contributed by atoms with Gasteiger partial charge in [0.1, 0.15) is 11.5 Å². The number of nitrogens with one attached hydrogen (secondary N) is 2. The highest BCUT2D eigenvalue weighted by Crippen LogP contribution is 2.32. The first-order chi connectivity index (χ1) is 13.3. The highest BCUT2D eigenvalue weighted by Gasteiger charge is 2.08. The summed E-state index contributed by atoms with van der Waals surface area (Å²) in [6.45, 7) is 0. The van der Waals surface area contributed by atoms with Crippen LogP contribution in [0.25, 0.3) is 43.6 Å². The van der Waals surface area contributed by atoms with E-state index in [1.54, 1.807) is 0 Å². The molecule has 6 aromatic rings. The quantitative estimate of drug-likeness (QED) is 0.431. The molecule has 0 amide bonds. The Labute approximate surface area is 153 Å². The maximum atomic E-state index is 6.12. The van der Waals surface area contributed by atoms with E-state index in [-0.39, 0.29) is 0 Å². The molecule has 5 heteroatoms. The van der Waals surface area contributed by atoms with Crippen molar-refractivity contribution in [3.8, 4) is 11.5 Å². The number of ether oxygens (including phenoxy) is 1. The molecule has 0 fully saturated rings. The van der Waals surface area contributed by atoms with Crippen LogP contribution in [-0.4, -0.2) is 19.9 Å². The van der Waals surface area contributed by atoms with Crippen molar-refractivity contribution >= 4 is 43.6 Å². The lowest BCUT2D eigenvalue weighted by atomic mass is 10.2. The van der Waals surface area contributed by atoms with Gasteiger partial charge in [0.2, 0.25) is 0 Å². The van der Waals surface area contributed by atoms with Crippen LogP contribution in [0.15, 0.2) is 73.3 Å². The zero-order valence-electron chi connectivity index (χ0n) is 14.2. The Morgan fingerprint density at radius 2 is 1.04 bits per heavy atom. The van der Waals surface area contributed by atoms with Crippen molar-refractivity contribution in [2.24, 2.45) is 0 Å². The zero-order valence-corrected chi connectivity index (χ0v) is 14.2. The Morgan fingerprint density at radius 1 is 0.556 bits per heavy atom. The minimum absolute atomic E-state index is 0.791. The van der Waals surface area contributed by atoms with E-state index >= 15 is 0 Å². The van der Waals surface area contributed by atoms with Gasteiger partial charge in [0, 0.05) is 46.1 Å². The predicted octanol–water partition coefficient (Wildman–Crippen LogP) is 5.54. The fraction of sp³-hybridized carbons (Fsp3) is 0. The summed E-state index contributed by atoms with van der Waals surface area (Å²) >= 11 is 0. The molecule has 2 aromatic carbocycles. The molecule has 0 atom stereocenters. The van der Waals surface area contributed by atoms with Gasteiger partial charge in [0.25, 0.3) is 0 Å². The number of aromatic nitrogens is 4. The summed E-state index contributed by atoms with van der Waals surface area (Å²) in [5, 5.41) is 4.66. The van der Waals surface area contributed by atoms with Gasteiger partial charge in [0.05, 0.1) is 34.5 Å².